The van der Waals surface area contributed by atoms with Crippen molar-refractivity contribution in [3.8, 4) is 6.07 Å². The maximum atomic E-state index is 13.6. The van der Waals surface area contributed by atoms with Crippen molar-refractivity contribution in [2.24, 2.45) is 0 Å². The average molecular weight is 311 g/mol. The first kappa shape index (κ1) is 16.7. The molecule has 0 heterocycles. The molecule has 5 heteroatoms. The first-order valence-electron chi connectivity index (χ1n) is 7.38. The molecule has 0 unspecified atom stereocenters. The number of amides is 1. The fourth-order valence-corrected chi connectivity index (χ4v) is 2.19. The summed E-state index contributed by atoms with van der Waals surface area (Å²) >= 11 is 0. The summed E-state index contributed by atoms with van der Waals surface area (Å²) in [5, 5.41) is 14.6. The van der Waals surface area contributed by atoms with Crippen LogP contribution in [0.15, 0.2) is 48.5 Å². The topological polar surface area (TPSA) is 64.9 Å². The van der Waals surface area contributed by atoms with Gasteiger partial charge in [0.2, 0.25) is 5.91 Å². The minimum absolute atomic E-state index is 0.136. The number of carbonyl (C=O) groups excluding carboxylic acids is 1. The number of benzene rings is 2. The van der Waals surface area contributed by atoms with Crippen molar-refractivity contribution < 1.29 is 9.18 Å². The minimum atomic E-state index is -0.255. The maximum Gasteiger partial charge on any atom is 0.225 e. The highest BCUT2D eigenvalue weighted by atomic mass is 19.1. The van der Waals surface area contributed by atoms with E-state index in [1.807, 2.05) is 13.0 Å². The van der Waals surface area contributed by atoms with E-state index in [2.05, 4.69) is 10.6 Å². The van der Waals surface area contributed by atoms with E-state index < -0.39 is 0 Å². The molecule has 0 saturated carbocycles. The lowest BCUT2D eigenvalue weighted by Crippen LogP contribution is -2.24. The van der Waals surface area contributed by atoms with Crippen molar-refractivity contribution in [1.29, 1.82) is 5.26 Å². The number of hydrogen-bond acceptors (Lipinski definition) is 3. The van der Waals surface area contributed by atoms with Crippen LogP contribution >= 0.6 is 0 Å². The van der Waals surface area contributed by atoms with E-state index in [0.29, 0.717) is 23.4 Å². The summed E-state index contributed by atoms with van der Waals surface area (Å²) in [6.07, 6.45) is 0.277. The molecular weight excluding hydrogens is 293 g/mol. The predicted octanol–water partition coefficient (Wildman–Crippen LogP) is 3.38. The number of hydrogen-bond donors (Lipinski definition) is 2. The number of halogens is 1. The summed E-state index contributed by atoms with van der Waals surface area (Å²) in [6, 6.07) is 15.1. The second-order valence-electron chi connectivity index (χ2n) is 5.18. The summed E-state index contributed by atoms with van der Waals surface area (Å²) in [5.74, 6) is -0.391. The number of rotatable bonds is 6. The Kier molecular flexibility index (Phi) is 5.84. The monoisotopic (exact) mass is 311 g/mol. The van der Waals surface area contributed by atoms with Gasteiger partial charge in [0.15, 0.2) is 0 Å². The predicted molar refractivity (Wildman–Crippen MR) is 87.2 cm³/mol. The van der Waals surface area contributed by atoms with Crippen molar-refractivity contribution in [3.05, 3.63) is 65.5 Å². The van der Waals surface area contributed by atoms with Crippen LogP contribution in [0, 0.1) is 17.1 Å². The molecule has 1 amide bonds. The average Bonchev–Trinajstić information content (AvgIpc) is 2.56. The van der Waals surface area contributed by atoms with E-state index in [1.165, 1.54) is 6.07 Å². The third kappa shape index (κ3) is 4.90. The molecule has 0 saturated heterocycles. The molecule has 0 bridgehead atoms. The Morgan fingerprint density at radius 2 is 1.91 bits per heavy atom. The Hall–Kier alpha value is -2.71. The van der Waals surface area contributed by atoms with Gasteiger partial charge in [-0.25, -0.2) is 4.39 Å². The smallest absolute Gasteiger partial charge is 0.225 e. The molecule has 23 heavy (non-hydrogen) atoms. The first-order chi connectivity index (χ1) is 11.1. The van der Waals surface area contributed by atoms with E-state index >= 15 is 0 Å². The molecule has 0 radical (unpaired) electrons. The van der Waals surface area contributed by atoms with Gasteiger partial charge in [0, 0.05) is 30.3 Å². The van der Waals surface area contributed by atoms with Crippen molar-refractivity contribution in [2.75, 3.05) is 11.9 Å². The molecule has 4 nitrogen and oxygen atoms in total. The van der Waals surface area contributed by atoms with Crippen LogP contribution in [0.3, 0.4) is 0 Å². The molecule has 2 aromatic rings. The molecule has 0 fully saturated rings. The standard InChI is InChI=1S/C18H18FN3O/c1-13(16-4-2-3-5-17(16)19)21-11-10-18(23)22-15-8-6-14(12-20)7-9-15/h2-9,13,21H,10-11H2,1H3,(H,22,23)/t13-/m1/s1. The van der Waals surface area contributed by atoms with Crippen LogP contribution in [-0.4, -0.2) is 12.5 Å². The van der Waals surface area contributed by atoms with Crippen LogP contribution in [0.4, 0.5) is 10.1 Å². The van der Waals surface area contributed by atoms with E-state index in [0.717, 1.165) is 0 Å². The van der Waals surface area contributed by atoms with Crippen molar-refractivity contribution in [1.82, 2.24) is 5.32 Å². The van der Waals surface area contributed by atoms with E-state index in [1.54, 1.807) is 42.5 Å². The van der Waals surface area contributed by atoms with Gasteiger partial charge >= 0.3 is 0 Å². The Labute approximate surface area is 134 Å². The number of anilines is 1. The molecule has 2 rings (SSSR count). The molecule has 2 N–H and O–H groups in total. The van der Waals surface area contributed by atoms with Crippen LogP contribution in [0.2, 0.25) is 0 Å². The molecule has 1 atom stereocenters. The second-order valence-corrected chi connectivity index (χ2v) is 5.18. The van der Waals surface area contributed by atoms with Crippen molar-refractivity contribution >= 4 is 11.6 Å². The molecule has 0 spiro atoms. The van der Waals surface area contributed by atoms with Crippen molar-refractivity contribution in [2.45, 2.75) is 19.4 Å². The van der Waals surface area contributed by atoms with Gasteiger partial charge in [-0.2, -0.15) is 5.26 Å². The summed E-state index contributed by atoms with van der Waals surface area (Å²) in [5.41, 5.74) is 1.78. The zero-order chi connectivity index (χ0) is 16.7. The Morgan fingerprint density at radius 1 is 1.22 bits per heavy atom. The third-order valence-corrected chi connectivity index (χ3v) is 3.47. The third-order valence-electron chi connectivity index (χ3n) is 3.47. The van der Waals surface area contributed by atoms with Crippen LogP contribution < -0.4 is 10.6 Å². The van der Waals surface area contributed by atoms with Crippen molar-refractivity contribution in [3.63, 3.8) is 0 Å². The molecule has 0 aliphatic heterocycles. The zero-order valence-electron chi connectivity index (χ0n) is 12.8. The van der Waals surface area contributed by atoms with Gasteiger partial charge in [-0.3, -0.25) is 4.79 Å². The highest BCUT2D eigenvalue weighted by Gasteiger charge is 2.10. The SMILES string of the molecule is C[C@@H](NCCC(=O)Nc1ccc(C#N)cc1)c1ccccc1F. The number of carbonyl (C=O) groups is 1. The molecule has 2 aromatic carbocycles. The zero-order valence-corrected chi connectivity index (χ0v) is 12.8. The number of nitrogens with zero attached hydrogens (tertiary/aromatic N) is 1. The second kappa shape index (κ2) is 8.06. The Morgan fingerprint density at radius 3 is 2.57 bits per heavy atom. The summed E-state index contributed by atoms with van der Waals surface area (Å²) in [7, 11) is 0. The molecular formula is C18H18FN3O. The highest BCUT2D eigenvalue weighted by Crippen LogP contribution is 2.15. The van der Waals surface area contributed by atoms with Gasteiger partial charge < -0.3 is 10.6 Å². The van der Waals surface area contributed by atoms with Gasteiger partial charge in [0.25, 0.3) is 0 Å². The van der Waals surface area contributed by atoms with Gasteiger partial charge in [0.1, 0.15) is 5.82 Å². The fourth-order valence-electron chi connectivity index (χ4n) is 2.19. The Balaban J connectivity index is 1.78. The van der Waals surface area contributed by atoms with Gasteiger partial charge in [0.05, 0.1) is 11.6 Å². The van der Waals surface area contributed by atoms with Gasteiger partial charge in [-0.15, -0.1) is 0 Å². The molecule has 118 valence electrons. The lowest BCUT2D eigenvalue weighted by molar-refractivity contribution is -0.116. The van der Waals surface area contributed by atoms with E-state index in [9.17, 15) is 9.18 Å². The minimum Gasteiger partial charge on any atom is -0.326 e. The van der Waals surface area contributed by atoms with Gasteiger partial charge in [-0.05, 0) is 37.3 Å². The summed E-state index contributed by atoms with van der Waals surface area (Å²) in [4.78, 5) is 11.9. The largest absolute Gasteiger partial charge is 0.326 e. The normalized spacial score (nSPS) is 11.5. The highest BCUT2D eigenvalue weighted by molar-refractivity contribution is 5.90. The maximum absolute atomic E-state index is 13.6. The summed E-state index contributed by atoms with van der Waals surface area (Å²) in [6.45, 7) is 2.30. The lowest BCUT2D eigenvalue weighted by Gasteiger charge is -2.14. The van der Waals surface area contributed by atoms with Crippen LogP contribution in [-0.2, 0) is 4.79 Å². The van der Waals surface area contributed by atoms with Crippen LogP contribution in [0.25, 0.3) is 0 Å². The molecule has 0 aromatic heterocycles. The fraction of sp³-hybridized carbons (Fsp3) is 0.222. The molecule has 0 aliphatic carbocycles. The number of nitriles is 1. The van der Waals surface area contributed by atoms with E-state index in [4.69, 9.17) is 5.26 Å². The quantitative estimate of drug-likeness (QED) is 0.859. The molecule has 0 aliphatic rings. The van der Waals surface area contributed by atoms with Gasteiger partial charge in [-0.1, -0.05) is 18.2 Å². The Bertz CT molecular complexity index is 707. The van der Waals surface area contributed by atoms with E-state index in [-0.39, 0.29) is 24.2 Å². The summed E-state index contributed by atoms with van der Waals surface area (Å²) < 4.78 is 13.6. The lowest BCUT2D eigenvalue weighted by atomic mass is 10.1. The first-order valence-corrected chi connectivity index (χ1v) is 7.38. The number of nitrogens with one attached hydrogen (secondary N) is 2. The van der Waals surface area contributed by atoms with Crippen LogP contribution in [0.5, 0.6) is 0 Å². The van der Waals surface area contributed by atoms with Crippen LogP contribution in [0.1, 0.15) is 30.5 Å².